The lowest BCUT2D eigenvalue weighted by Crippen LogP contribution is -2.40. The average molecular weight is 315 g/mol. The second-order valence-electron chi connectivity index (χ2n) is 5.06. The molecule has 2 rings (SSSR count). The Labute approximate surface area is 133 Å². The summed E-state index contributed by atoms with van der Waals surface area (Å²) in [5.41, 5.74) is 0.747. The van der Waals surface area contributed by atoms with Gasteiger partial charge in [0.15, 0.2) is 6.61 Å². The van der Waals surface area contributed by atoms with Crippen molar-refractivity contribution in [3.8, 4) is 5.75 Å². The van der Waals surface area contributed by atoms with Crippen LogP contribution in [0.25, 0.3) is 0 Å². The largest absolute Gasteiger partial charge is 0.476 e. The molecule has 7 heteroatoms. The van der Waals surface area contributed by atoms with Crippen LogP contribution in [0.3, 0.4) is 0 Å². The zero-order valence-corrected chi connectivity index (χ0v) is 12.9. The number of aromatic nitrogens is 1. The van der Waals surface area contributed by atoms with Crippen LogP contribution in [0.2, 0.25) is 0 Å². The molecular formula is C16H17N3O4. The van der Waals surface area contributed by atoms with Gasteiger partial charge in [0.1, 0.15) is 6.20 Å². The molecule has 0 spiro atoms. The predicted molar refractivity (Wildman–Crippen MR) is 85.5 cm³/mol. The third kappa shape index (κ3) is 4.03. The number of benzene rings is 1. The molecule has 23 heavy (non-hydrogen) atoms. The minimum Gasteiger partial charge on any atom is -0.476 e. The van der Waals surface area contributed by atoms with Crippen LogP contribution in [-0.4, -0.2) is 28.5 Å². The first kappa shape index (κ1) is 16.4. The van der Waals surface area contributed by atoms with Crippen molar-refractivity contribution in [1.82, 2.24) is 4.98 Å². The predicted octanol–water partition coefficient (Wildman–Crippen LogP) is 2.81. The van der Waals surface area contributed by atoms with E-state index in [1.165, 1.54) is 18.3 Å². The number of nitro groups is 1. The quantitative estimate of drug-likeness (QED) is 0.604. The molecule has 7 nitrogen and oxygen atoms in total. The smallest absolute Gasteiger partial charge is 0.406 e. The van der Waals surface area contributed by atoms with Crippen molar-refractivity contribution in [3.05, 3.63) is 58.8 Å². The van der Waals surface area contributed by atoms with Crippen molar-refractivity contribution in [2.75, 3.05) is 11.5 Å². The number of amides is 1. The lowest BCUT2D eigenvalue weighted by Gasteiger charge is -2.26. The third-order valence-corrected chi connectivity index (χ3v) is 3.09. The van der Waals surface area contributed by atoms with E-state index in [0.717, 1.165) is 5.69 Å². The Morgan fingerprint density at radius 3 is 2.57 bits per heavy atom. The lowest BCUT2D eigenvalue weighted by molar-refractivity contribution is -0.390. The summed E-state index contributed by atoms with van der Waals surface area (Å²) in [5, 5.41) is 10.9. The van der Waals surface area contributed by atoms with Crippen LogP contribution >= 0.6 is 0 Å². The highest BCUT2D eigenvalue weighted by Gasteiger charge is 2.22. The minimum atomic E-state index is -0.642. The summed E-state index contributed by atoms with van der Waals surface area (Å²) in [4.78, 5) is 27.9. The van der Waals surface area contributed by atoms with Crippen LogP contribution in [0, 0.1) is 10.1 Å². The second-order valence-corrected chi connectivity index (χ2v) is 5.06. The van der Waals surface area contributed by atoms with E-state index in [2.05, 4.69) is 4.98 Å². The van der Waals surface area contributed by atoms with Crippen LogP contribution in [0.4, 0.5) is 11.5 Å². The molecule has 0 aliphatic carbocycles. The fraction of sp³-hybridized carbons (Fsp3) is 0.250. The first-order chi connectivity index (χ1) is 11.0. The molecule has 0 aliphatic heterocycles. The second kappa shape index (κ2) is 7.35. The Morgan fingerprint density at radius 1 is 1.26 bits per heavy atom. The van der Waals surface area contributed by atoms with Gasteiger partial charge in [-0.2, -0.15) is 0 Å². The van der Waals surface area contributed by atoms with E-state index in [1.807, 2.05) is 44.2 Å². The van der Waals surface area contributed by atoms with Gasteiger partial charge in [0.25, 0.3) is 5.91 Å². The molecule has 0 N–H and O–H groups in total. The van der Waals surface area contributed by atoms with Gasteiger partial charge < -0.3 is 19.8 Å². The van der Waals surface area contributed by atoms with Gasteiger partial charge in [0, 0.05) is 11.7 Å². The van der Waals surface area contributed by atoms with Crippen LogP contribution < -0.4 is 9.64 Å². The van der Waals surface area contributed by atoms with Crippen LogP contribution in [0.15, 0.2) is 48.7 Å². The van der Waals surface area contributed by atoms with Crippen molar-refractivity contribution in [3.63, 3.8) is 0 Å². The highest BCUT2D eigenvalue weighted by atomic mass is 16.6. The van der Waals surface area contributed by atoms with Gasteiger partial charge in [0.05, 0.1) is 0 Å². The number of hydrogen-bond acceptors (Lipinski definition) is 5. The first-order valence-electron chi connectivity index (χ1n) is 7.10. The molecular weight excluding hydrogens is 298 g/mol. The Morgan fingerprint density at radius 2 is 1.96 bits per heavy atom. The summed E-state index contributed by atoms with van der Waals surface area (Å²) in [7, 11) is 0. The van der Waals surface area contributed by atoms with Gasteiger partial charge in [0.2, 0.25) is 5.75 Å². The zero-order valence-electron chi connectivity index (χ0n) is 12.9. The van der Waals surface area contributed by atoms with Crippen LogP contribution in [0.5, 0.6) is 5.75 Å². The molecule has 1 amide bonds. The number of hydrogen-bond donors (Lipinski definition) is 0. The number of nitrogens with zero attached hydrogens (tertiary/aromatic N) is 3. The number of pyridine rings is 1. The van der Waals surface area contributed by atoms with Crippen molar-refractivity contribution in [2.45, 2.75) is 19.9 Å². The molecule has 0 unspecified atom stereocenters. The van der Waals surface area contributed by atoms with E-state index in [1.54, 1.807) is 4.90 Å². The standard InChI is InChI=1S/C16H17N3O4/c1-12(2)18(13-7-4-3-5-8-13)15(20)11-23-14-9-6-10-17-16(14)19(21)22/h3-10,12H,11H2,1-2H3. The summed E-state index contributed by atoms with van der Waals surface area (Å²) in [6.45, 7) is 3.47. The Bertz CT molecular complexity index is 689. The summed E-state index contributed by atoms with van der Waals surface area (Å²) < 4.78 is 5.32. The monoisotopic (exact) mass is 315 g/mol. The molecule has 0 fully saturated rings. The summed E-state index contributed by atoms with van der Waals surface area (Å²) in [6, 6.07) is 12.1. The number of rotatable bonds is 6. The molecule has 0 saturated heterocycles. The van der Waals surface area contributed by atoms with E-state index in [0.29, 0.717) is 0 Å². The van der Waals surface area contributed by atoms with Gasteiger partial charge in [-0.3, -0.25) is 4.79 Å². The molecule has 0 bridgehead atoms. The fourth-order valence-electron chi connectivity index (χ4n) is 2.16. The third-order valence-electron chi connectivity index (χ3n) is 3.09. The van der Waals surface area contributed by atoms with E-state index in [-0.39, 0.29) is 24.3 Å². The van der Waals surface area contributed by atoms with Gasteiger partial charge >= 0.3 is 5.82 Å². The van der Waals surface area contributed by atoms with Crippen molar-refractivity contribution < 1.29 is 14.5 Å². The summed E-state index contributed by atoms with van der Waals surface area (Å²) >= 11 is 0. The Balaban J connectivity index is 2.13. The van der Waals surface area contributed by atoms with Crippen molar-refractivity contribution >= 4 is 17.4 Å². The van der Waals surface area contributed by atoms with Crippen LogP contribution in [0.1, 0.15) is 13.8 Å². The number of anilines is 1. The summed E-state index contributed by atoms with van der Waals surface area (Å²) in [5.74, 6) is -0.719. The maximum atomic E-state index is 12.5. The Kier molecular flexibility index (Phi) is 5.24. The lowest BCUT2D eigenvalue weighted by atomic mass is 10.2. The fourth-order valence-corrected chi connectivity index (χ4v) is 2.16. The maximum absolute atomic E-state index is 12.5. The molecule has 0 saturated carbocycles. The molecule has 120 valence electrons. The van der Waals surface area contributed by atoms with Gasteiger partial charge in [-0.1, -0.05) is 18.2 Å². The SMILES string of the molecule is CC(C)N(C(=O)COc1cccnc1[N+](=O)[O-])c1ccccc1. The van der Waals surface area contributed by atoms with Crippen LogP contribution in [-0.2, 0) is 4.79 Å². The molecule has 0 radical (unpaired) electrons. The highest BCUT2D eigenvalue weighted by Crippen LogP contribution is 2.23. The van der Waals surface area contributed by atoms with E-state index in [9.17, 15) is 14.9 Å². The molecule has 0 aliphatic rings. The topological polar surface area (TPSA) is 85.6 Å². The zero-order chi connectivity index (χ0) is 16.8. The van der Waals surface area contributed by atoms with E-state index in [4.69, 9.17) is 4.74 Å². The molecule has 1 heterocycles. The normalized spacial score (nSPS) is 10.4. The maximum Gasteiger partial charge on any atom is 0.406 e. The van der Waals surface area contributed by atoms with Crippen molar-refractivity contribution in [2.24, 2.45) is 0 Å². The number of carbonyl (C=O) groups excluding carboxylic acids is 1. The van der Waals surface area contributed by atoms with Gasteiger partial charge in [-0.05, 0) is 48.0 Å². The minimum absolute atomic E-state index is 0.0254. The Hall–Kier alpha value is -2.96. The van der Waals surface area contributed by atoms with Crippen molar-refractivity contribution in [1.29, 1.82) is 0 Å². The van der Waals surface area contributed by atoms with Gasteiger partial charge in [-0.15, -0.1) is 0 Å². The summed E-state index contributed by atoms with van der Waals surface area (Å²) in [6.07, 6.45) is 1.30. The average Bonchev–Trinajstić information content (AvgIpc) is 2.54. The molecule has 1 aromatic carbocycles. The molecule has 0 atom stereocenters. The number of ether oxygens (including phenoxy) is 1. The van der Waals surface area contributed by atoms with Gasteiger partial charge in [-0.25, -0.2) is 0 Å². The van der Waals surface area contributed by atoms with E-state index < -0.39 is 10.7 Å². The number of carbonyl (C=O) groups is 1. The number of para-hydroxylation sites is 1. The van der Waals surface area contributed by atoms with E-state index >= 15 is 0 Å². The molecule has 1 aromatic heterocycles. The first-order valence-corrected chi connectivity index (χ1v) is 7.10. The molecule has 2 aromatic rings. The highest BCUT2D eigenvalue weighted by molar-refractivity contribution is 5.94.